The number of likely N-dealkylation sites (tertiary alicyclic amines) is 1. The molecule has 0 aliphatic carbocycles. The molecule has 0 amide bonds. The number of nitrogens with zero attached hydrogens (tertiary/aromatic N) is 1. The molecule has 128 valence electrons. The van der Waals surface area contributed by atoms with Gasteiger partial charge >= 0.3 is 0 Å². The highest BCUT2D eigenvalue weighted by molar-refractivity contribution is 5.13. The van der Waals surface area contributed by atoms with E-state index in [-0.39, 0.29) is 0 Å². The third-order valence-corrected chi connectivity index (χ3v) is 5.56. The molecule has 3 rings (SSSR count). The average molecular weight is 316 g/mol. The normalized spacial score (nSPS) is 21.6. The number of ether oxygens (including phenoxy) is 1. The number of rotatable bonds is 7. The Morgan fingerprint density at radius 1 is 0.957 bits per heavy atom. The first kappa shape index (κ1) is 16.9. The topological polar surface area (TPSA) is 24.5 Å². The van der Waals surface area contributed by atoms with Gasteiger partial charge in [0.2, 0.25) is 0 Å². The van der Waals surface area contributed by atoms with Gasteiger partial charge in [0.1, 0.15) is 0 Å². The van der Waals surface area contributed by atoms with Crippen molar-refractivity contribution in [3.05, 3.63) is 35.9 Å². The summed E-state index contributed by atoms with van der Waals surface area (Å²) in [4.78, 5) is 2.64. The first-order valence-electron chi connectivity index (χ1n) is 9.46. The molecule has 2 saturated heterocycles. The van der Waals surface area contributed by atoms with Crippen LogP contribution in [0.1, 0.15) is 37.7 Å². The highest BCUT2D eigenvalue weighted by Gasteiger charge is 2.27. The summed E-state index contributed by atoms with van der Waals surface area (Å²) in [5, 5.41) is 3.49. The predicted molar refractivity (Wildman–Crippen MR) is 95.5 cm³/mol. The van der Waals surface area contributed by atoms with Crippen molar-refractivity contribution in [3.8, 4) is 0 Å². The van der Waals surface area contributed by atoms with E-state index in [0.717, 1.165) is 31.5 Å². The fraction of sp³-hybridized carbons (Fsp3) is 0.700. The summed E-state index contributed by atoms with van der Waals surface area (Å²) in [5.74, 6) is 1.98. The summed E-state index contributed by atoms with van der Waals surface area (Å²) < 4.78 is 5.79. The van der Waals surface area contributed by atoms with Crippen LogP contribution in [0.4, 0.5) is 0 Å². The molecule has 0 radical (unpaired) electrons. The van der Waals surface area contributed by atoms with E-state index in [4.69, 9.17) is 4.74 Å². The van der Waals surface area contributed by atoms with Crippen LogP contribution in [0.2, 0.25) is 0 Å². The zero-order valence-corrected chi connectivity index (χ0v) is 14.4. The van der Waals surface area contributed by atoms with Crippen LogP contribution in [-0.4, -0.2) is 44.2 Å². The van der Waals surface area contributed by atoms with Gasteiger partial charge in [-0.25, -0.2) is 0 Å². The lowest BCUT2D eigenvalue weighted by Gasteiger charge is -2.37. The van der Waals surface area contributed by atoms with E-state index >= 15 is 0 Å². The van der Waals surface area contributed by atoms with Gasteiger partial charge < -0.3 is 15.0 Å². The maximum absolute atomic E-state index is 5.79. The smallest absolute Gasteiger partial charge is 0.0716 e. The standard InChI is InChI=1S/C20H32N2O/c1-2-5-18(6-3-1)17-23-16-4-13-22-14-9-20(10-15-22)19-7-11-21-12-8-19/h1-3,5-6,19-21H,4,7-17H2. The molecule has 2 heterocycles. The molecule has 2 aliphatic heterocycles. The first-order valence-corrected chi connectivity index (χ1v) is 9.46. The Balaban J connectivity index is 1.25. The molecule has 0 saturated carbocycles. The van der Waals surface area contributed by atoms with Crippen LogP contribution in [0.3, 0.4) is 0 Å². The van der Waals surface area contributed by atoms with Gasteiger partial charge in [-0.1, -0.05) is 30.3 Å². The van der Waals surface area contributed by atoms with Crippen molar-refractivity contribution in [1.82, 2.24) is 10.2 Å². The monoisotopic (exact) mass is 316 g/mol. The Hall–Kier alpha value is -0.900. The number of piperidine rings is 2. The molecule has 1 aromatic carbocycles. The van der Waals surface area contributed by atoms with Crippen LogP contribution in [0.25, 0.3) is 0 Å². The maximum Gasteiger partial charge on any atom is 0.0716 e. The molecule has 2 aliphatic rings. The average Bonchev–Trinajstić information content (AvgIpc) is 2.64. The van der Waals surface area contributed by atoms with Gasteiger partial charge in [-0.15, -0.1) is 0 Å². The second-order valence-electron chi connectivity index (χ2n) is 7.16. The van der Waals surface area contributed by atoms with E-state index in [2.05, 4.69) is 40.5 Å². The minimum atomic E-state index is 0.749. The van der Waals surface area contributed by atoms with Gasteiger partial charge in [0.25, 0.3) is 0 Å². The molecule has 0 aromatic heterocycles. The fourth-order valence-corrected chi connectivity index (χ4v) is 4.12. The second-order valence-corrected chi connectivity index (χ2v) is 7.16. The van der Waals surface area contributed by atoms with E-state index in [9.17, 15) is 0 Å². The van der Waals surface area contributed by atoms with Crippen molar-refractivity contribution in [2.24, 2.45) is 11.8 Å². The van der Waals surface area contributed by atoms with Crippen molar-refractivity contribution in [2.45, 2.75) is 38.7 Å². The summed E-state index contributed by atoms with van der Waals surface area (Å²) in [5.41, 5.74) is 1.27. The lowest BCUT2D eigenvalue weighted by atomic mass is 9.79. The minimum Gasteiger partial charge on any atom is -0.377 e. The zero-order valence-electron chi connectivity index (χ0n) is 14.4. The third kappa shape index (κ3) is 5.59. The molecule has 3 heteroatoms. The maximum atomic E-state index is 5.79. The summed E-state index contributed by atoms with van der Waals surface area (Å²) in [7, 11) is 0. The number of hydrogen-bond acceptors (Lipinski definition) is 3. The van der Waals surface area contributed by atoms with E-state index in [0.29, 0.717) is 0 Å². The lowest BCUT2D eigenvalue weighted by molar-refractivity contribution is 0.0923. The van der Waals surface area contributed by atoms with Crippen molar-refractivity contribution >= 4 is 0 Å². The minimum absolute atomic E-state index is 0.749. The SMILES string of the molecule is c1ccc(COCCCN2CCC(C3CCNCC3)CC2)cc1. The summed E-state index contributed by atoms with van der Waals surface area (Å²) in [6.07, 6.45) is 6.78. The predicted octanol–water partition coefficient (Wildman–Crippen LogP) is 3.30. The van der Waals surface area contributed by atoms with Crippen LogP contribution in [-0.2, 0) is 11.3 Å². The van der Waals surface area contributed by atoms with E-state index in [1.165, 1.54) is 64.0 Å². The quantitative estimate of drug-likeness (QED) is 0.781. The first-order chi connectivity index (χ1) is 11.4. The summed E-state index contributed by atoms with van der Waals surface area (Å²) in [6.45, 7) is 7.91. The molecule has 0 spiro atoms. The second kappa shape index (κ2) is 9.41. The highest BCUT2D eigenvalue weighted by atomic mass is 16.5. The lowest BCUT2D eigenvalue weighted by Crippen LogP contribution is -2.39. The molecular formula is C20H32N2O. The summed E-state index contributed by atoms with van der Waals surface area (Å²) in [6, 6.07) is 10.5. The number of hydrogen-bond donors (Lipinski definition) is 1. The number of nitrogens with one attached hydrogen (secondary N) is 1. The highest BCUT2D eigenvalue weighted by Crippen LogP contribution is 2.30. The molecule has 23 heavy (non-hydrogen) atoms. The Morgan fingerprint density at radius 2 is 1.65 bits per heavy atom. The Kier molecular flexibility index (Phi) is 6.93. The molecular weight excluding hydrogens is 284 g/mol. The van der Waals surface area contributed by atoms with Crippen molar-refractivity contribution in [3.63, 3.8) is 0 Å². The van der Waals surface area contributed by atoms with Crippen molar-refractivity contribution in [1.29, 1.82) is 0 Å². The van der Waals surface area contributed by atoms with Gasteiger partial charge in [-0.3, -0.25) is 0 Å². The van der Waals surface area contributed by atoms with Crippen LogP contribution in [0, 0.1) is 11.8 Å². The van der Waals surface area contributed by atoms with E-state index in [1.54, 1.807) is 0 Å². The fourth-order valence-electron chi connectivity index (χ4n) is 4.12. The Bertz CT molecular complexity index is 423. The van der Waals surface area contributed by atoms with Gasteiger partial charge in [0, 0.05) is 13.2 Å². The van der Waals surface area contributed by atoms with Gasteiger partial charge in [0.05, 0.1) is 6.61 Å². The van der Waals surface area contributed by atoms with Crippen LogP contribution in [0.5, 0.6) is 0 Å². The molecule has 0 bridgehead atoms. The summed E-state index contributed by atoms with van der Waals surface area (Å²) >= 11 is 0. The van der Waals surface area contributed by atoms with Crippen LogP contribution >= 0.6 is 0 Å². The molecule has 1 aromatic rings. The zero-order chi connectivity index (χ0) is 15.7. The molecule has 0 unspecified atom stereocenters. The van der Waals surface area contributed by atoms with Gasteiger partial charge in [-0.2, -0.15) is 0 Å². The molecule has 0 atom stereocenters. The largest absolute Gasteiger partial charge is 0.377 e. The molecule has 3 nitrogen and oxygen atoms in total. The Morgan fingerprint density at radius 3 is 2.39 bits per heavy atom. The number of benzene rings is 1. The Labute approximate surface area is 141 Å². The van der Waals surface area contributed by atoms with E-state index in [1.807, 2.05) is 0 Å². The molecule has 2 fully saturated rings. The van der Waals surface area contributed by atoms with Crippen LogP contribution in [0.15, 0.2) is 30.3 Å². The van der Waals surface area contributed by atoms with Crippen LogP contribution < -0.4 is 5.32 Å². The van der Waals surface area contributed by atoms with Gasteiger partial charge in [0.15, 0.2) is 0 Å². The van der Waals surface area contributed by atoms with E-state index < -0.39 is 0 Å². The third-order valence-electron chi connectivity index (χ3n) is 5.56. The van der Waals surface area contributed by atoms with Crippen molar-refractivity contribution < 1.29 is 4.74 Å². The van der Waals surface area contributed by atoms with Gasteiger partial charge in [-0.05, 0) is 75.7 Å². The molecule has 1 N–H and O–H groups in total. The van der Waals surface area contributed by atoms with Crippen molar-refractivity contribution in [2.75, 3.05) is 39.3 Å².